The van der Waals surface area contributed by atoms with Crippen LogP contribution in [0.3, 0.4) is 0 Å². The van der Waals surface area contributed by atoms with Crippen LogP contribution in [0.4, 0.5) is 0 Å². The van der Waals surface area contributed by atoms with E-state index in [2.05, 4.69) is 77.3 Å². The smallest absolute Gasteiger partial charge is 0.133 e. The van der Waals surface area contributed by atoms with Crippen molar-refractivity contribution in [1.29, 1.82) is 0 Å². The predicted molar refractivity (Wildman–Crippen MR) is 120 cm³/mol. The van der Waals surface area contributed by atoms with E-state index in [4.69, 9.17) is 9.52 Å². The zero-order valence-corrected chi connectivity index (χ0v) is 20.2. The van der Waals surface area contributed by atoms with Gasteiger partial charge in [-0.25, -0.2) is 0 Å². The van der Waals surface area contributed by atoms with E-state index in [1.165, 1.54) is 17.1 Å². The fourth-order valence-electron chi connectivity index (χ4n) is 4.56. The van der Waals surface area contributed by atoms with Crippen molar-refractivity contribution in [3.63, 3.8) is 0 Å². The fourth-order valence-corrected chi connectivity index (χ4v) is 4.56. The van der Waals surface area contributed by atoms with Crippen LogP contribution in [0.15, 0.2) is 26.9 Å². The minimum atomic E-state index is 0.0174. The maximum atomic E-state index is 5.41. The largest absolute Gasteiger partial charge is 0.361 e. The second-order valence-corrected chi connectivity index (χ2v) is 11.9. The van der Waals surface area contributed by atoms with Crippen molar-refractivity contribution in [1.82, 2.24) is 15.0 Å². The Bertz CT molecular complexity index is 811. The van der Waals surface area contributed by atoms with Gasteiger partial charge in [-0.15, -0.1) is 0 Å². The van der Waals surface area contributed by atoms with Crippen LogP contribution in [0.25, 0.3) is 0 Å². The first kappa shape index (κ1) is 22.1. The molecule has 1 aromatic rings. The number of rotatable bonds is 2. The fraction of sp³-hybridized carbons (Fsp3) is 0.750. The van der Waals surface area contributed by atoms with Crippen LogP contribution in [0.2, 0.25) is 0 Å². The van der Waals surface area contributed by atoms with Crippen molar-refractivity contribution < 1.29 is 4.52 Å². The summed E-state index contributed by atoms with van der Waals surface area (Å²) >= 11 is 0. The molecule has 1 atom stereocenters. The molecule has 1 fully saturated rings. The standard InChI is InChI=1S/C24H40N4O/c1-16-13-17(26-29-16)14-27-11-12-28-18(15-27)19(22(2,3)4)20(23(5,6)7)25-21(28)24(8,9)10/h13,20H,11-12,14-15H2,1-10H3/t20-/m1/s1. The van der Waals surface area contributed by atoms with E-state index in [-0.39, 0.29) is 22.3 Å². The van der Waals surface area contributed by atoms with E-state index in [1.54, 1.807) is 0 Å². The third-order valence-electron chi connectivity index (χ3n) is 5.79. The first-order valence-corrected chi connectivity index (χ1v) is 10.9. The van der Waals surface area contributed by atoms with Crippen molar-refractivity contribution in [3.05, 3.63) is 28.8 Å². The van der Waals surface area contributed by atoms with Gasteiger partial charge in [0.1, 0.15) is 11.6 Å². The Hall–Kier alpha value is -1.62. The molecule has 1 saturated heterocycles. The van der Waals surface area contributed by atoms with Crippen LogP contribution in [0.1, 0.15) is 73.8 Å². The Kier molecular flexibility index (Phi) is 5.53. The molecule has 1 aromatic heterocycles. The molecule has 2 aliphatic heterocycles. The summed E-state index contributed by atoms with van der Waals surface area (Å²) in [6.45, 7) is 26.5. The number of hydrogen-bond donors (Lipinski definition) is 0. The lowest BCUT2D eigenvalue weighted by Gasteiger charge is -2.51. The minimum Gasteiger partial charge on any atom is -0.361 e. The summed E-state index contributed by atoms with van der Waals surface area (Å²) in [5, 5.41) is 4.22. The summed E-state index contributed by atoms with van der Waals surface area (Å²) in [5.74, 6) is 2.11. The number of fused-ring (bicyclic) bond motifs is 1. The Morgan fingerprint density at radius 3 is 2.14 bits per heavy atom. The van der Waals surface area contributed by atoms with Crippen LogP contribution in [0.5, 0.6) is 0 Å². The molecule has 0 radical (unpaired) electrons. The van der Waals surface area contributed by atoms with Crippen LogP contribution in [-0.2, 0) is 6.54 Å². The van der Waals surface area contributed by atoms with Gasteiger partial charge in [0, 0.05) is 43.4 Å². The van der Waals surface area contributed by atoms with E-state index in [1.807, 2.05) is 13.0 Å². The Morgan fingerprint density at radius 1 is 1.00 bits per heavy atom. The van der Waals surface area contributed by atoms with Crippen molar-refractivity contribution in [2.45, 2.75) is 81.8 Å². The van der Waals surface area contributed by atoms with Crippen molar-refractivity contribution in [2.24, 2.45) is 21.2 Å². The number of aryl methyl sites for hydroxylation is 1. The summed E-state index contributed by atoms with van der Waals surface area (Å²) in [7, 11) is 0. The molecular weight excluding hydrogens is 360 g/mol. The zero-order chi connectivity index (χ0) is 21.8. The van der Waals surface area contributed by atoms with Gasteiger partial charge < -0.3 is 9.42 Å². The van der Waals surface area contributed by atoms with Gasteiger partial charge in [0.25, 0.3) is 0 Å². The molecule has 2 aliphatic rings. The molecule has 0 bridgehead atoms. The first-order valence-electron chi connectivity index (χ1n) is 10.9. The highest BCUT2D eigenvalue weighted by Gasteiger charge is 2.44. The molecule has 0 spiro atoms. The number of piperazine rings is 1. The summed E-state index contributed by atoms with van der Waals surface area (Å²) in [6, 6.07) is 2.24. The molecule has 3 rings (SSSR count). The Morgan fingerprint density at radius 2 is 1.66 bits per heavy atom. The highest BCUT2D eigenvalue weighted by Crippen LogP contribution is 2.45. The predicted octanol–water partition coefficient (Wildman–Crippen LogP) is 5.27. The van der Waals surface area contributed by atoms with E-state index >= 15 is 0 Å². The van der Waals surface area contributed by atoms with Gasteiger partial charge in [0.05, 0.1) is 11.7 Å². The Labute approximate surface area is 177 Å². The molecule has 0 aliphatic carbocycles. The summed E-state index contributed by atoms with van der Waals surface area (Å²) in [6.07, 6.45) is 0. The normalized spacial score (nSPS) is 22.1. The average molecular weight is 401 g/mol. The molecule has 0 saturated carbocycles. The van der Waals surface area contributed by atoms with Gasteiger partial charge in [-0.1, -0.05) is 67.5 Å². The topological polar surface area (TPSA) is 44.9 Å². The van der Waals surface area contributed by atoms with E-state index in [0.717, 1.165) is 37.6 Å². The summed E-state index contributed by atoms with van der Waals surface area (Å²) < 4.78 is 5.29. The lowest BCUT2D eigenvalue weighted by molar-refractivity contribution is 0.181. The highest BCUT2D eigenvalue weighted by molar-refractivity contribution is 5.90. The Balaban J connectivity index is 2.05. The van der Waals surface area contributed by atoms with Gasteiger partial charge in [-0.05, 0) is 23.3 Å². The molecule has 3 heterocycles. The van der Waals surface area contributed by atoms with Gasteiger partial charge in [-0.3, -0.25) is 9.89 Å². The number of hydrogen-bond acceptors (Lipinski definition) is 5. The highest BCUT2D eigenvalue weighted by atomic mass is 16.5. The number of amidine groups is 1. The lowest BCUT2D eigenvalue weighted by Crippen LogP contribution is -2.55. The molecule has 162 valence electrons. The molecule has 0 N–H and O–H groups in total. The van der Waals surface area contributed by atoms with Crippen LogP contribution in [-0.4, -0.2) is 46.5 Å². The lowest BCUT2D eigenvalue weighted by atomic mass is 9.70. The number of aromatic nitrogens is 1. The quantitative estimate of drug-likeness (QED) is 0.678. The first-order chi connectivity index (χ1) is 13.2. The summed E-state index contributed by atoms with van der Waals surface area (Å²) in [4.78, 5) is 10.4. The van der Waals surface area contributed by atoms with Crippen LogP contribution in [0, 0.1) is 23.2 Å². The van der Waals surface area contributed by atoms with Gasteiger partial charge in [0.2, 0.25) is 0 Å². The molecular formula is C24H40N4O. The van der Waals surface area contributed by atoms with Crippen LogP contribution < -0.4 is 0 Å². The monoisotopic (exact) mass is 400 g/mol. The van der Waals surface area contributed by atoms with Crippen molar-refractivity contribution in [3.8, 4) is 0 Å². The van der Waals surface area contributed by atoms with E-state index < -0.39 is 0 Å². The van der Waals surface area contributed by atoms with E-state index in [0.29, 0.717) is 0 Å². The summed E-state index contributed by atoms with van der Waals surface area (Å²) in [5.41, 5.74) is 4.10. The molecule has 5 nitrogen and oxygen atoms in total. The molecule has 29 heavy (non-hydrogen) atoms. The maximum absolute atomic E-state index is 5.41. The van der Waals surface area contributed by atoms with Gasteiger partial charge in [-0.2, -0.15) is 0 Å². The third kappa shape index (κ3) is 4.60. The van der Waals surface area contributed by atoms with Crippen molar-refractivity contribution in [2.75, 3.05) is 19.6 Å². The second kappa shape index (κ2) is 7.26. The molecule has 0 aromatic carbocycles. The molecule has 0 amide bonds. The minimum absolute atomic E-state index is 0.0174. The number of aliphatic imine (C=N–C) groups is 1. The van der Waals surface area contributed by atoms with Crippen LogP contribution >= 0.6 is 0 Å². The van der Waals surface area contributed by atoms with E-state index in [9.17, 15) is 0 Å². The second-order valence-electron chi connectivity index (χ2n) is 11.9. The van der Waals surface area contributed by atoms with Gasteiger partial charge in [0.15, 0.2) is 0 Å². The SMILES string of the molecule is Cc1cc(CN2CCN3C(C(C)(C)C)=N[C@@H](C(C)(C)C)C(C(C)(C)C)=C3C2)no1. The number of nitrogens with zero attached hydrogens (tertiary/aromatic N) is 4. The maximum Gasteiger partial charge on any atom is 0.133 e. The average Bonchev–Trinajstić information content (AvgIpc) is 2.95. The molecule has 5 heteroatoms. The third-order valence-corrected chi connectivity index (χ3v) is 5.79. The van der Waals surface area contributed by atoms with Gasteiger partial charge >= 0.3 is 0 Å². The zero-order valence-electron chi connectivity index (χ0n) is 20.2. The van der Waals surface area contributed by atoms with Crippen molar-refractivity contribution >= 4 is 5.84 Å². The molecule has 0 unspecified atom stereocenters.